The molecule has 4 saturated carbocycles. The Balaban J connectivity index is 1.07. The second-order valence-electron chi connectivity index (χ2n) is 10.5. The second-order valence-corrected chi connectivity index (χ2v) is 10.5. The Morgan fingerprint density at radius 2 is 1.59 bits per heavy atom. The van der Waals surface area contributed by atoms with Crippen LogP contribution in [0, 0.1) is 11.3 Å². The van der Waals surface area contributed by atoms with Crippen molar-refractivity contribution in [3.05, 3.63) is 48.3 Å². The van der Waals surface area contributed by atoms with E-state index in [9.17, 15) is 9.59 Å². The topological polar surface area (TPSA) is 76.7 Å². The maximum absolute atomic E-state index is 12.7. The fourth-order valence-corrected chi connectivity index (χ4v) is 5.85. The van der Waals surface area contributed by atoms with Crippen molar-refractivity contribution in [1.82, 2.24) is 10.6 Å². The minimum atomic E-state index is -0.298. The van der Waals surface area contributed by atoms with E-state index in [4.69, 9.17) is 9.47 Å². The largest absolute Gasteiger partial charge is 0.484 e. The van der Waals surface area contributed by atoms with E-state index in [1.807, 2.05) is 42.5 Å². The first-order valence-electron chi connectivity index (χ1n) is 13.1. The lowest BCUT2D eigenvalue weighted by molar-refractivity contribution is -0.184. The van der Waals surface area contributed by atoms with Crippen LogP contribution in [0.25, 0.3) is 0 Å². The van der Waals surface area contributed by atoms with E-state index in [2.05, 4.69) is 10.6 Å². The third-order valence-corrected chi connectivity index (χ3v) is 7.61. The molecule has 0 aliphatic heterocycles. The molecule has 5 rings (SSSR count). The van der Waals surface area contributed by atoms with Gasteiger partial charge in [-0.2, -0.15) is 0 Å². The highest BCUT2D eigenvalue weighted by Gasteiger charge is 2.72. The van der Waals surface area contributed by atoms with Crippen molar-refractivity contribution in [1.29, 1.82) is 0 Å². The first-order chi connectivity index (χ1) is 16.6. The molecular weight excluding hydrogens is 428 g/mol. The molecule has 6 heteroatoms. The van der Waals surface area contributed by atoms with Gasteiger partial charge in [-0.15, -0.1) is 0 Å². The van der Waals surface area contributed by atoms with Crippen LogP contribution < -0.4 is 10.6 Å². The summed E-state index contributed by atoms with van der Waals surface area (Å²) in [5.41, 5.74) is -0.521. The molecule has 5 aliphatic carbocycles. The zero-order valence-corrected chi connectivity index (χ0v) is 20.4. The monoisotopic (exact) mass is 468 g/mol. The minimum absolute atomic E-state index is 0.0208. The van der Waals surface area contributed by atoms with E-state index in [0.717, 1.165) is 25.9 Å². The standard InChI is InChI=1S/C28H40N2O4/c31-25(19-34-24-14-10-6-3-7-11-15-24)30-28-20-27(21-28,22-28)26(32)29-16-17-33-18-23-12-8-4-1-2-5-9-13-23/h3,6-7,10-11,14-15,23H,1-2,4-5,8-9,12-13,16-22H2,(H,29,32)(H,30,31)/b6-3-,7-3?,10-6?,11-7-,14-10-,15-11?,24-14?,24-15+. The maximum Gasteiger partial charge on any atom is 0.258 e. The molecule has 6 nitrogen and oxygen atoms in total. The van der Waals surface area contributed by atoms with Gasteiger partial charge in [0.15, 0.2) is 6.61 Å². The van der Waals surface area contributed by atoms with Gasteiger partial charge in [0.05, 0.1) is 12.0 Å². The highest BCUT2D eigenvalue weighted by atomic mass is 16.5. The molecule has 5 aliphatic rings. The van der Waals surface area contributed by atoms with Crippen LogP contribution in [0.5, 0.6) is 0 Å². The van der Waals surface area contributed by atoms with Crippen molar-refractivity contribution in [2.75, 3.05) is 26.4 Å². The number of carbonyl (C=O) groups is 2. The lowest BCUT2D eigenvalue weighted by Gasteiger charge is -2.69. The summed E-state index contributed by atoms with van der Waals surface area (Å²) < 4.78 is 11.5. The molecule has 0 spiro atoms. The van der Waals surface area contributed by atoms with E-state index in [0.29, 0.717) is 24.8 Å². The maximum atomic E-state index is 12.7. The molecule has 0 aromatic carbocycles. The van der Waals surface area contributed by atoms with Gasteiger partial charge in [-0.3, -0.25) is 9.59 Å². The van der Waals surface area contributed by atoms with Crippen LogP contribution in [0.2, 0.25) is 0 Å². The van der Waals surface area contributed by atoms with Gasteiger partial charge in [0.25, 0.3) is 5.91 Å². The Morgan fingerprint density at radius 3 is 2.35 bits per heavy atom. The third-order valence-electron chi connectivity index (χ3n) is 7.61. The molecule has 0 saturated heterocycles. The van der Waals surface area contributed by atoms with Gasteiger partial charge in [-0.05, 0) is 50.2 Å². The Morgan fingerprint density at radius 1 is 0.912 bits per heavy atom. The quantitative estimate of drug-likeness (QED) is 0.463. The number of nitrogens with one attached hydrogen (secondary N) is 2. The number of carbonyl (C=O) groups excluding carboxylic acids is 2. The van der Waals surface area contributed by atoms with Crippen LogP contribution >= 0.6 is 0 Å². The average Bonchev–Trinajstić information content (AvgIpc) is 2.88. The summed E-state index contributed by atoms with van der Waals surface area (Å²) in [6, 6.07) is 0. The van der Waals surface area contributed by atoms with Crippen molar-refractivity contribution in [2.45, 2.75) is 76.2 Å². The first kappa shape index (κ1) is 24.8. The van der Waals surface area contributed by atoms with Crippen LogP contribution in [0.15, 0.2) is 48.3 Å². The Kier molecular flexibility index (Phi) is 8.65. The molecule has 2 N–H and O–H groups in total. The Hall–Kier alpha value is -2.34. The van der Waals surface area contributed by atoms with Crippen LogP contribution in [-0.4, -0.2) is 43.7 Å². The fourth-order valence-electron chi connectivity index (χ4n) is 5.85. The highest BCUT2D eigenvalue weighted by Crippen LogP contribution is 2.67. The molecule has 34 heavy (non-hydrogen) atoms. The van der Waals surface area contributed by atoms with Crippen molar-refractivity contribution in [3.8, 4) is 0 Å². The SMILES string of the molecule is O=C(COC1=C/C=C\C=C/C=C\1)NC12CC(C(=O)NCCOCC3CCCCCCCC3)(C1)C2. The lowest BCUT2D eigenvalue weighted by Crippen LogP contribution is -2.78. The molecule has 0 unspecified atom stereocenters. The molecule has 2 amide bonds. The average molecular weight is 469 g/mol. The Labute approximate surface area is 203 Å². The predicted molar refractivity (Wildman–Crippen MR) is 133 cm³/mol. The molecule has 0 atom stereocenters. The second kappa shape index (κ2) is 11.9. The van der Waals surface area contributed by atoms with Crippen molar-refractivity contribution in [3.63, 3.8) is 0 Å². The van der Waals surface area contributed by atoms with E-state index in [-0.39, 0.29) is 29.4 Å². The van der Waals surface area contributed by atoms with Gasteiger partial charge in [-0.25, -0.2) is 0 Å². The van der Waals surface area contributed by atoms with Crippen LogP contribution in [0.3, 0.4) is 0 Å². The zero-order chi connectivity index (χ0) is 23.7. The number of hydrogen-bond donors (Lipinski definition) is 2. The predicted octanol–water partition coefficient (Wildman–Crippen LogP) is 4.49. The summed E-state index contributed by atoms with van der Waals surface area (Å²) in [4.78, 5) is 25.0. The van der Waals surface area contributed by atoms with Gasteiger partial charge in [0.1, 0.15) is 5.76 Å². The zero-order valence-electron chi connectivity index (χ0n) is 20.4. The molecule has 0 aromatic heterocycles. The van der Waals surface area contributed by atoms with Gasteiger partial charge in [0.2, 0.25) is 5.91 Å². The summed E-state index contributed by atoms with van der Waals surface area (Å²) in [5, 5.41) is 6.14. The molecule has 186 valence electrons. The summed E-state index contributed by atoms with van der Waals surface area (Å²) in [6.45, 7) is 1.94. The van der Waals surface area contributed by atoms with Crippen molar-refractivity contribution in [2.24, 2.45) is 11.3 Å². The number of rotatable bonds is 10. The van der Waals surface area contributed by atoms with E-state index < -0.39 is 0 Å². The fraction of sp³-hybridized carbons (Fsp3) is 0.643. The van der Waals surface area contributed by atoms with Crippen LogP contribution in [0.1, 0.15) is 70.6 Å². The van der Waals surface area contributed by atoms with Crippen LogP contribution in [0.4, 0.5) is 0 Å². The van der Waals surface area contributed by atoms with Crippen molar-refractivity contribution >= 4 is 11.8 Å². The number of amides is 2. The van der Waals surface area contributed by atoms with Crippen molar-refractivity contribution < 1.29 is 19.1 Å². The smallest absolute Gasteiger partial charge is 0.258 e. The summed E-state index contributed by atoms with van der Waals surface area (Å²) >= 11 is 0. The molecule has 4 fully saturated rings. The number of ether oxygens (including phenoxy) is 2. The van der Waals surface area contributed by atoms with Crippen LogP contribution in [-0.2, 0) is 19.1 Å². The van der Waals surface area contributed by atoms with E-state index in [1.54, 1.807) is 0 Å². The molecular formula is C28H40N2O4. The van der Waals surface area contributed by atoms with Gasteiger partial charge < -0.3 is 20.1 Å². The van der Waals surface area contributed by atoms with Gasteiger partial charge >= 0.3 is 0 Å². The minimum Gasteiger partial charge on any atom is -0.484 e. The highest BCUT2D eigenvalue weighted by molar-refractivity contribution is 5.88. The molecule has 0 heterocycles. The van der Waals surface area contributed by atoms with Gasteiger partial charge in [-0.1, -0.05) is 68.9 Å². The summed E-state index contributed by atoms with van der Waals surface area (Å²) in [5.74, 6) is 1.29. The Bertz CT molecular complexity index is 812. The first-order valence-corrected chi connectivity index (χ1v) is 13.1. The lowest BCUT2D eigenvalue weighted by atomic mass is 9.39. The number of hydrogen-bond acceptors (Lipinski definition) is 4. The van der Waals surface area contributed by atoms with E-state index in [1.165, 1.54) is 51.4 Å². The van der Waals surface area contributed by atoms with Gasteiger partial charge in [0, 0.05) is 18.7 Å². The molecule has 0 aromatic rings. The molecule has 0 radical (unpaired) electrons. The summed E-state index contributed by atoms with van der Waals surface area (Å²) in [6.07, 6.45) is 26.0. The summed E-state index contributed by atoms with van der Waals surface area (Å²) in [7, 11) is 0. The molecule has 2 bridgehead atoms. The third kappa shape index (κ3) is 6.62. The number of allylic oxidation sites excluding steroid dienone is 7. The van der Waals surface area contributed by atoms with E-state index >= 15 is 0 Å². The normalized spacial score (nSPS) is 33.0.